The zero-order chi connectivity index (χ0) is 17.4. The first kappa shape index (κ1) is 18.3. The van der Waals surface area contributed by atoms with E-state index in [1.807, 2.05) is 62.4 Å². The summed E-state index contributed by atoms with van der Waals surface area (Å²) in [4.78, 5) is 11.9. The Morgan fingerprint density at radius 1 is 1.12 bits per heavy atom. The van der Waals surface area contributed by atoms with E-state index < -0.39 is 0 Å². The number of nitrogens with one attached hydrogen (secondary N) is 1. The van der Waals surface area contributed by atoms with Crippen molar-refractivity contribution in [1.29, 1.82) is 0 Å². The Bertz CT molecular complexity index is 656. The molecule has 2 aromatic carbocycles. The number of rotatable bonds is 8. The fourth-order valence-corrected chi connectivity index (χ4v) is 2.44. The second kappa shape index (κ2) is 9.33. The molecule has 0 radical (unpaired) electrons. The molecule has 2 aromatic rings. The van der Waals surface area contributed by atoms with Crippen LogP contribution in [-0.2, 0) is 11.3 Å². The van der Waals surface area contributed by atoms with Gasteiger partial charge in [-0.25, -0.2) is 0 Å². The topological polar surface area (TPSA) is 47.6 Å². The average Bonchev–Trinajstić information content (AvgIpc) is 2.54. The normalized spacial score (nSPS) is 10.5. The maximum atomic E-state index is 11.9. The molecule has 0 unspecified atom stereocenters. The molecule has 1 amide bonds. The molecule has 0 aliphatic carbocycles. The number of carbonyl (C=O) groups excluding carboxylic acids is 1. The molecule has 0 aliphatic rings. The van der Waals surface area contributed by atoms with Crippen molar-refractivity contribution in [2.75, 3.05) is 6.61 Å². The highest BCUT2D eigenvalue weighted by atomic mass is 79.9. The molecule has 0 aromatic heterocycles. The molecule has 24 heavy (non-hydrogen) atoms. The quantitative estimate of drug-likeness (QED) is 0.728. The van der Waals surface area contributed by atoms with Gasteiger partial charge in [0.1, 0.15) is 11.5 Å². The Morgan fingerprint density at radius 3 is 2.54 bits per heavy atom. The third-order valence-electron chi connectivity index (χ3n) is 3.18. The van der Waals surface area contributed by atoms with Crippen molar-refractivity contribution < 1.29 is 14.3 Å². The molecule has 0 aliphatic heterocycles. The van der Waals surface area contributed by atoms with Crippen molar-refractivity contribution in [2.45, 2.75) is 32.9 Å². The van der Waals surface area contributed by atoms with Gasteiger partial charge in [-0.1, -0.05) is 34.1 Å². The monoisotopic (exact) mass is 391 g/mol. The van der Waals surface area contributed by atoms with Gasteiger partial charge in [0.15, 0.2) is 0 Å². The fraction of sp³-hybridized carbons (Fsp3) is 0.316. The first-order valence-electron chi connectivity index (χ1n) is 7.93. The standard InChI is InChI=1S/C19H22BrNO3/c1-14(2)24-17-8-6-15(7-9-17)13-21-19(22)10-11-23-18-5-3-4-16(20)12-18/h3-9,12,14H,10-11,13H2,1-2H3,(H,21,22). The van der Waals surface area contributed by atoms with E-state index in [4.69, 9.17) is 9.47 Å². The minimum atomic E-state index is -0.0347. The van der Waals surface area contributed by atoms with Crippen LogP contribution in [0.15, 0.2) is 53.0 Å². The van der Waals surface area contributed by atoms with Crippen LogP contribution in [-0.4, -0.2) is 18.6 Å². The molecule has 0 bridgehead atoms. The third kappa shape index (κ3) is 6.62. The van der Waals surface area contributed by atoms with Crippen LogP contribution in [0, 0.1) is 0 Å². The van der Waals surface area contributed by atoms with E-state index in [-0.39, 0.29) is 12.0 Å². The molecule has 2 rings (SSSR count). The zero-order valence-corrected chi connectivity index (χ0v) is 15.5. The van der Waals surface area contributed by atoms with E-state index in [2.05, 4.69) is 21.2 Å². The smallest absolute Gasteiger partial charge is 0.223 e. The highest BCUT2D eigenvalue weighted by Crippen LogP contribution is 2.17. The van der Waals surface area contributed by atoms with E-state index >= 15 is 0 Å². The summed E-state index contributed by atoms with van der Waals surface area (Å²) in [7, 11) is 0. The molecular weight excluding hydrogens is 370 g/mol. The van der Waals surface area contributed by atoms with Gasteiger partial charge in [0.05, 0.1) is 19.1 Å². The number of benzene rings is 2. The summed E-state index contributed by atoms with van der Waals surface area (Å²) in [5, 5.41) is 2.89. The average molecular weight is 392 g/mol. The van der Waals surface area contributed by atoms with Gasteiger partial charge in [0, 0.05) is 11.0 Å². The van der Waals surface area contributed by atoms with Gasteiger partial charge in [0.25, 0.3) is 0 Å². The molecule has 0 saturated carbocycles. The van der Waals surface area contributed by atoms with E-state index in [0.29, 0.717) is 19.6 Å². The number of carbonyl (C=O) groups is 1. The molecule has 0 fully saturated rings. The highest BCUT2D eigenvalue weighted by Gasteiger charge is 2.03. The Labute approximate surface area is 151 Å². The van der Waals surface area contributed by atoms with Crippen LogP contribution in [0.5, 0.6) is 11.5 Å². The van der Waals surface area contributed by atoms with Gasteiger partial charge >= 0.3 is 0 Å². The first-order valence-corrected chi connectivity index (χ1v) is 8.73. The van der Waals surface area contributed by atoms with Crippen molar-refractivity contribution in [3.05, 3.63) is 58.6 Å². The largest absolute Gasteiger partial charge is 0.493 e. The molecule has 0 atom stereocenters. The van der Waals surface area contributed by atoms with E-state index in [9.17, 15) is 4.79 Å². The lowest BCUT2D eigenvalue weighted by atomic mass is 10.2. The lowest BCUT2D eigenvalue weighted by molar-refractivity contribution is -0.121. The summed E-state index contributed by atoms with van der Waals surface area (Å²) >= 11 is 3.38. The maximum Gasteiger partial charge on any atom is 0.223 e. The zero-order valence-electron chi connectivity index (χ0n) is 13.9. The van der Waals surface area contributed by atoms with Crippen molar-refractivity contribution >= 4 is 21.8 Å². The molecule has 0 spiro atoms. The predicted octanol–water partition coefficient (Wildman–Crippen LogP) is 4.32. The van der Waals surface area contributed by atoms with Crippen molar-refractivity contribution in [3.8, 4) is 11.5 Å². The van der Waals surface area contributed by atoms with Gasteiger partial charge in [-0.15, -0.1) is 0 Å². The minimum absolute atomic E-state index is 0.0347. The summed E-state index contributed by atoms with van der Waals surface area (Å²) in [6.07, 6.45) is 0.474. The molecule has 5 heteroatoms. The van der Waals surface area contributed by atoms with E-state index in [1.54, 1.807) is 0 Å². The van der Waals surface area contributed by atoms with E-state index in [1.165, 1.54) is 0 Å². The Kier molecular flexibility index (Phi) is 7.12. The van der Waals surface area contributed by atoms with E-state index in [0.717, 1.165) is 21.5 Å². The molecule has 0 heterocycles. The van der Waals surface area contributed by atoms with Crippen molar-refractivity contribution in [1.82, 2.24) is 5.32 Å². The molecule has 4 nitrogen and oxygen atoms in total. The lowest BCUT2D eigenvalue weighted by Crippen LogP contribution is -2.24. The predicted molar refractivity (Wildman–Crippen MR) is 98.3 cm³/mol. The third-order valence-corrected chi connectivity index (χ3v) is 3.67. The maximum absolute atomic E-state index is 11.9. The van der Waals surface area contributed by atoms with Crippen LogP contribution < -0.4 is 14.8 Å². The minimum Gasteiger partial charge on any atom is -0.493 e. The molecule has 0 saturated heterocycles. The molecular formula is C19H22BrNO3. The summed E-state index contributed by atoms with van der Waals surface area (Å²) in [6, 6.07) is 15.3. The lowest BCUT2D eigenvalue weighted by Gasteiger charge is -2.11. The second-order valence-electron chi connectivity index (χ2n) is 5.64. The number of halogens is 1. The Morgan fingerprint density at radius 2 is 1.88 bits per heavy atom. The number of hydrogen-bond donors (Lipinski definition) is 1. The van der Waals surface area contributed by atoms with Gasteiger partial charge in [-0.3, -0.25) is 4.79 Å². The van der Waals surface area contributed by atoms with Crippen LogP contribution >= 0.6 is 15.9 Å². The van der Waals surface area contributed by atoms with Crippen LogP contribution in [0.1, 0.15) is 25.8 Å². The van der Waals surface area contributed by atoms with Crippen molar-refractivity contribution in [2.24, 2.45) is 0 Å². The molecule has 128 valence electrons. The fourth-order valence-electron chi connectivity index (χ4n) is 2.07. The van der Waals surface area contributed by atoms with Crippen LogP contribution in [0.25, 0.3) is 0 Å². The van der Waals surface area contributed by atoms with Gasteiger partial charge in [-0.05, 0) is 49.7 Å². The first-order chi connectivity index (χ1) is 11.5. The van der Waals surface area contributed by atoms with Gasteiger partial charge < -0.3 is 14.8 Å². The number of ether oxygens (including phenoxy) is 2. The summed E-state index contributed by atoms with van der Waals surface area (Å²) in [5.74, 6) is 1.55. The molecule has 1 N–H and O–H groups in total. The van der Waals surface area contributed by atoms with Crippen molar-refractivity contribution in [3.63, 3.8) is 0 Å². The van der Waals surface area contributed by atoms with Crippen LogP contribution in [0.3, 0.4) is 0 Å². The highest BCUT2D eigenvalue weighted by molar-refractivity contribution is 9.10. The van der Waals surface area contributed by atoms with Crippen LogP contribution in [0.4, 0.5) is 0 Å². The van der Waals surface area contributed by atoms with Gasteiger partial charge in [-0.2, -0.15) is 0 Å². The summed E-state index contributed by atoms with van der Waals surface area (Å²) in [5.41, 5.74) is 1.03. The Balaban J connectivity index is 1.69. The SMILES string of the molecule is CC(C)Oc1ccc(CNC(=O)CCOc2cccc(Br)c2)cc1. The summed E-state index contributed by atoms with van der Waals surface area (Å²) < 4.78 is 12.1. The number of amides is 1. The second-order valence-corrected chi connectivity index (χ2v) is 6.56. The van der Waals surface area contributed by atoms with Gasteiger partial charge in [0.2, 0.25) is 5.91 Å². The Hall–Kier alpha value is -2.01. The van der Waals surface area contributed by atoms with Crippen LogP contribution in [0.2, 0.25) is 0 Å². The summed E-state index contributed by atoms with van der Waals surface area (Å²) in [6.45, 7) is 4.83. The number of hydrogen-bond acceptors (Lipinski definition) is 3.